The third-order valence-corrected chi connectivity index (χ3v) is 6.44. The number of carbonyl (C=O) groups is 2. The van der Waals surface area contributed by atoms with Crippen LogP contribution in [0.2, 0.25) is 0 Å². The standard InChI is InChI=1S/C25H34N2O5S/c1-6-7-8-12-31-19-10-9-18(14-20(19)30-5)23-22(24(29)32-15-16(2)3)17(4)26-25-27(23)21(28)11-13-33-25/h9-10,14,16,23H,6-8,11-13,15H2,1-5H3/t23-/m0/s1. The summed E-state index contributed by atoms with van der Waals surface area (Å²) in [7, 11) is 1.59. The van der Waals surface area contributed by atoms with Crippen molar-refractivity contribution in [3.8, 4) is 11.5 Å². The molecule has 33 heavy (non-hydrogen) atoms. The molecular weight excluding hydrogens is 440 g/mol. The van der Waals surface area contributed by atoms with Gasteiger partial charge in [0.05, 0.1) is 37.6 Å². The first kappa shape index (κ1) is 25.1. The number of ether oxygens (including phenoxy) is 3. The minimum atomic E-state index is -0.625. The highest BCUT2D eigenvalue weighted by Crippen LogP contribution is 2.42. The number of benzene rings is 1. The van der Waals surface area contributed by atoms with Gasteiger partial charge < -0.3 is 14.2 Å². The van der Waals surface area contributed by atoms with Gasteiger partial charge in [0, 0.05) is 12.2 Å². The molecule has 0 unspecified atom stereocenters. The van der Waals surface area contributed by atoms with E-state index in [1.54, 1.807) is 18.9 Å². The lowest BCUT2D eigenvalue weighted by atomic mass is 9.93. The molecule has 2 heterocycles. The number of amidine groups is 1. The summed E-state index contributed by atoms with van der Waals surface area (Å²) in [5, 5.41) is 0.619. The molecule has 3 rings (SSSR count). The van der Waals surface area contributed by atoms with Gasteiger partial charge in [-0.2, -0.15) is 0 Å². The zero-order valence-corrected chi connectivity index (χ0v) is 21.0. The van der Waals surface area contributed by atoms with E-state index >= 15 is 0 Å². The topological polar surface area (TPSA) is 77.4 Å². The molecule has 1 atom stereocenters. The quantitative estimate of drug-likeness (QED) is 0.346. The molecule has 0 aromatic heterocycles. The maximum atomic E-state index is 13.2. The van der Waals surface area contributed by atoms with Crippen molar-refractivity contribution in [2.75, 3.05) is 26.1 Å². The monoisotopic (exact) mass is 474 g/mol. The van der Waals surface area contributed by atoms with Crippen LogP contribution < -0.4 is 9.47 Å². The molecule has 1 fully saturated rings. The van der Waals surface area contributed by atoms with Crippen LogP contribution in [-0.4, -0.2) is 48.0 Å². The second kappa shape index (κ2) is 11.6. The van der Waals surface area contributed by atoms with Crippen LogP contribution in [0.1, 0.15) is 65.0 Å². The fourth-order valence-corrected chi connectivity index (χ4v) is 4.81. The van der Waals surface area contributed by atoms with Crippen molar-refractivity contribution in [2.24, 2.45) is 10.9 Å². The van der Waals surface area contributed by atoms with E-state index in [2.05, 4.69) is 11.9 Å². The Morgan fingerprint density at radius 1 is 1.27 bits per heavy atom. The van der Waals surface area contributed by atoms with Gasteiger partial charge in [0.1, 0.15) is 0 Å². The number of methoxy groups -OCH3 is 1. The molecule has 180 valence electrons. The summed E-state index contributed by atoms with van der Waals surface area (Å²) in [6.45, 7) is 8.82. The largest absolute Gasteiger partial charge is 0.493 e. The normalized spacial score (nSPS) is 18.2. The summed E-state index contributed by atoms with van der Waals surface area (Å²) >= 11 is 1.53. The number of aliphatic imine (C=N–C) groups is 1. The van der Waals surface area contributed by atoms with Crippen molar-refractivity contribution in [3.63, 3.8) is 0 Å². The Morgan fingerprint density at radius 2 is 2.06 bits per heavy atom. The number of esters is 1. The van der Waals surface area contributed by atoms with E-state index in [-0.39, 0.29) is 11.8 Å². The van der Waals surface area contributed by atoms with Gasteiger partial charge in [-0.05, 0) is 37.0 Å². The molecule has 8 heteroatoms. The summed E-state index contributed by atoms with van der Waals surface area (Å²) in [5.74, 6) is 1.58. The maximum Gasteiger partial charge on any atom is 0.338 e. The second-order valence-electron chi connectivity index (χ2n) is 8.62. The Kier molecular flexibility index (Phi) is 8.83. The molecule has 1 aromatic rings. The van der Waals surface area contributed by atoms with Gasteiger partial charge in [-0.25, -0.2) is 9.79 Å². The predicted molar refractivity (Wildman–Crippen MR) is 131 cm³/mol. The Labute approximate surface area is 200 Å². The molecule has 2 aliphatic rings. The van der Waals surface area contributed by atoms with E-state index < -0.39 is 12.0 Å². The van der Waals surface area contributed by atoms with Crippen LogP contribution in [0.15, 0.2) is 34.5 Å². The van der Waals surface area contributed by atoms with Crippen LogP contribution in [0.4, 0.5) is 0 Å². The van der Waals surface area contributed by atoms with Crippen LogP contribution in [0.5, 0.6) is 11.5 Å². The first-order valence-electron chi connectivity index (χ1n) is 11.6. The Balaban J connectivity index is 1.99. The van der Waals surface area contributed by atoms with Crippen molar-refractivity contribution < 1.29 is 23.8 Å². The molecule has 1 aromatic carbocycles. The molecule has 7 nitrogen and oxygen atoms in total. The number of hydrogen-bond acceptors (Lipinski definition) is 7. The fraction of sp³-hybridized carbons (Fsp3) is 0.560. The number of hydrogen-bond donors (Lipinski definition) is 0. The van der Waals surface area contributed by atoms with Gasteiger partial charge >= 0.3 is 5.97 Å². The van der Waals surface area contributed by atoms with E-state index in [4.69, 9.17) is 14.2 Å². The zero-order chi connectivity index (χ0) is 24.0. The van der Waals surface area contributed by atoms with Gasteiger partial charge in [0.25, 0.3) is 0 Å². The number of amides is 1. The van der Waals surface area contributed by atoms with Gasteiger partial charge in [-0.1, -0.05) is 51.4 Å². The smallest absolute Gasteiger partial charge is 0.338 e. The summed E-state index contributed by atoms with van der Waals surface area (Å²) in [5.41, 5.74) is 1.71. The number of rotatable bonds is 10. The lowest BCUT2D eigenvalue weighted by Crippen LogP contribution is -2.45. The highest BCUT2D eigenvalue weighted by atomic mass is 32.2. The number of allylic oxidation sites excluding steroid dienone is 1. The van der Waals surface area contributed by atoms with Crippen LogP contribution in [0.25, 0.3) is 0 Å². The third kappa shape index (κ3) is 5.91. The molecule has 0 aliphatic carbocycles. The first-order chi connectivity index (χ1) is 15.9. The molecule has 0 N–H and O–H groups in total. The third-order valence-electron chi connectivity index (χ3n) is 5.48. The summed E-state index contributed by atoms with van der Waals surface area (Å²) in [6, 6.07) is 4.96. The fourth-order valence-electron chi connectivity index (χ4n) is 3.80. The molecule has 0 spiro atoms. The average molecular weight is 475 g/mol. The highest BCUT2D eigenvalue weighted by molar-refractivity contribution is 8.14. The zero-order valence-electron chi connectivity index (χ0n) is 20.2. The van der Waals surface area contributed by atoms with Gasteiger partial charge in [-0.15, -0.1) is 0 Å². The predicted octanol–water partition coefficient (Wildman–Crippen LogP) is 5.11. The minimum absolute atomic E-state index is 0.0574. The minimum Gasteiger partial charge on any atom is -0.493 e. The molecular formula is C25H34N2O5S. The molecule has 0 bridgehead atoms. The van der Waals surface area contributed by atoms with E-state index in [1.165, 1.54) is 11.8 Å². The van der Waals surface area contributed by atoms with Crippen LogP contribution in [0.3, 0.4) is 0 Å². The van der Waals surface area contributed by atoms with Crippen LogP contribution in [-0.2, 0) is 14.3 Å². The number of nitrogens with zero attached hydrogens (tertiary/aromatic N) is 2. The molecule has 1 amide bonds. The van der Waals surface area contributed by atoms with Crippen LogP contribution >= 0.6 is 11.8 Å². The van der Waals surface area contributed by atoms with Crippen molar-refractivity contribution in [1.29, 1.82) is 0 Å². The molecule has 2 aliphatic heterocycles. The molecule has 0 saturated carbocycles. The van der Waals surface area contributed by atoms with E-state index in [0.29, 0.717) is 53.3 Å². The summed E-state index contributed by atoms with van der Waals surface area (Å²) in [6.07, 6.45) is 3.58. The van der Waals surface area contributed by atoms with Gasteiger partial charge in [0.15, 0.2) is 16.7 Å². The van der Waals surface area contributed by atoms with E-state index in [1.807, 2.05) is 32.0 Å². The Bertz CT molecular complexity index is 941. The van der Waals surface area contributed by atoms with Crippen molar-refractivity contribution in [1.82, 2.24) is 4.90 Å². The SMILES string of the molecule is CCCCCOc1ccc([C@H]2C(C(=O)OCC(C)C)=C(C)N=C3SCCC(=O)N32)cc1OC. The first-order valence-corrected chi connectivity index (χ1v) is 12.6. The Morgan fingerprint density at radius 3 is 2.76 bits per heavy atom. The van der Waals surface area contributed by atoms with Crippen molar-refractivity contribution >= 4 is 28.8 Å². The van der Waals surface area contributed by atoms with Crippen molar-refractivity contribution in [3.05, 3.63) is 35.0 Å². The number of carbonyl (C=O) groups excluding carboxylic acids is 2. The lowest BCUT2D eigenvalue weighted by molar-refractivity contribution is -0.141. The summed E-state index contributed by atoms with van der Waals surface area (Å²) in [4.78, 5) is 32.3. The van der Waals surface area contributed by atoms with Crippen LogP contribution in [0, 0.1) is 5.92 Å². The average Bonchev–Trinajstić information content (AvgIpc) is 2.79. The van der Waals surface area contributed by atoms with E-state index in [0.717, 1.165) is 24.8 Å². The Hall–Kier alpha value is -2.48. The van der Waals surface area contributed by atoms with Crippen molar-refractivity contribution in [2.45, 2.75) is 59.4 Å². The highest BCUT2D eigenvalue weighted by Gasteiger charge is 2.42. The number of unbranched alkanes of at least 4 members (excludes halogenated alkanes) is 2. The second-order valence-corrected chi connectivity index (χ2v) is 9.68. The van der Waals surface area contributed by atoms with Gasteiger partial charge in [0.2, 0.25) is 5.91 Å². The number of thioether (sulfide) groups is 1. The number of fused-ring (bicyclic) bond motifs is 1. The lowest BCUT2D eigenvalue weighted by Gasteiger charge is -2.39. The molecule has 0 radical (unpaired) electrons. The van der Waals surface area contributed by atoms with E-state index in [9.17, 15) is 9.59 Å². The maximum absolute atomic E-state index is 13.2. The summed E-state index contributed by atoms with van der Waals surface area (Å²) < 4.78 is 17.1. The molecule has 1 saturated heterocycles. The van der Waals surface area contributed by atoms with Gasteiger partial charge in [-0.3, -0.25) is 9.69 Å².